The van der Waals surface area contributed by atoms with Gasteiger partial charge in [0.2, 0.25) is 0 Å². The van der Waals surface area contributed by atoms with Gasteiger partial charge >= 0.3 is 0 Å². The molecule has 2 fully saturated rings. The molecule has 5 unspecified atom stereocenters. The lowest BCUT2D eigenvalue weighted by atomic mass is 9.45. The van der Waals surface area contributed by atoms with E-state index >= 15 is 0 Å². The fraction of sp³-hybridized carbons (Fsp3) is 0.625. The van der Waals surface area contributed by atoms with Gasteiger partial charge in [0.25, 0.3) is 0 Å². The van der Waals surface area contributed by atoms with Crippen molar-refractivity contribution in [3.05, 3.63) is 29.8 Å². The van der Waals surface area contributed by atoms with Crippen molar-refractivity contribution in [3.63, 3.8) is 0 Å². The first-order valence-electron chi connectivity index (χ1n) is 10.4. The van der Waals surface area contributed by atoms with Gasteiger partial charge in [-0.25, -0.2) is 0 Å². The lowest BCUT2D eigenvalue weighted by molar-refractivity contribution is -0.151. The molecular weight excluding hydrogens is 336 g/mol. The molecule has 3 heteroatoms. The number of fused-ring (bicyclic) bond motifs is 2. The summed E-state index contributed by atoms with van der Waals surface area (Å²) in [4.78, 5) is 12.4. The number of carbonyl (C=O) groups excluding carboxylic acids is 1. The summed E-state index contributed by atoms with van der Waals surface area (Å²) in [7, 11) is 0. The third-order valence-corrected chi connectivity index (χ3v) is 8.15. The second-order valence-electron chi connectivity index (χ2n) is 9.43. The number of ketones is 1. The summed E-state index contributed by atoms with van der Waals surface area (Å²) >= 11 is 0. The summed E-state index contributed by atoms with van der Waals surface area (Å²) in [6.07, 6.45) is 8.17. The van der Waals surface area contributed by atoms with Crippen LogP contribution >= 0.6 is 0 Å². The summed E-state index contributed by atoms with van der Waals surface area (Å²) < 4.78 is 12.1. The molecule has 4 rings (SSSR count). The fourth-order valence-electron chi connectivity index (χ4n) is 5.84. The van der Waals surface area contributed by atoms with E-state index in [0.717, 1.165) is 36.3 Å². The van der Waals surface area contributed by atoms with Crippen molar-refractivity contribution < 1.29 is 14.3 Å². The Hall–Kier alpha value is -1.77. The van der Waals surface area contributed by atoms with Crippen molar-refractivity contribution in [3.8, 4) is 11.5 Å². The van der Waals surface area contributed by atoms with E-state index in [1.165, 1.54) is 6.42 Å². The number of hydrogen-bond donors (Lipinski definition) is 0. The predicted molar refractivity (Wildman–Crippen MR) is 108 cm³/mol. The zero-order valence-electron chi connectivity index (χ0n) is 17.1. The smallest absolute Gasteiger partial charge is 0.136 e. The molecule has 0 spiro atoms. The normalized spacial score (nSPS) is 37.9. The van der Waals surface area contributed by atoms with Crippen LogP contribution in [0.15, 0.2) is 24.3 Å². The molecule has 1 aromatic rings. The Kier molecular flexibility index (Phi) is 4.60. The van der Waals surface area contributed by atoms with Crippen LogP contribution in [0, 0.1) is 28.6 Å². The molecule has 1 heterocycles. The molecule has 0 N–H and O–H groups in total. The lowest BCUT2D eigenvalue weighted by Gasteiger charge is -2.59. The highest BCUT2D eigenvalue weighted by Gasteiger charge is 2.57. The van der Waals surface area contributed by atoms with E-state index in [4.69, 9.17) is 9.47 Å². The molecule has 0 amide bonds. The minimum Gasteiger partial charge on any atom is -0.493 e. The molecule has 1 aromatic carbocycles. The highest BCUT2D eigenvalue weighted by molar-refractivity contribution is 5.82. The molecule has 3 aliphatic rings. The van der Waals surface area contributed by atoms with Crippen LogP contribution < -0.4 is 9.47 Å². The number of rotatable bonds is 3. The Morgan fingerprint density at radius 2 is 2.04 bits per heavy atom. The highest BCUT2D eigenvalue weighted by atomic mass is 16.5. The molecule has 0 bridgehead atoms. The van der Waals surface area contributed by atoms with E-state index < -0.39 is 0 Å². The Bertz CT molecular complexity index is 767. The number of Topliss-reactive ketones (excluding diaryl/α,β-unsaturated/α-hetero) is 1. The van der Waals surface area contributed by atoms with Crippen molar-refractivity contribution in [2.45, 2.75) is 53.4 Å². The van der Waals surface area contributed by atoms with Crippen LogP contribution in [0.2, 0.25) is 0 Å². The molecule has 5 atom stereocenters. The average Bonchev–Trinajstić information content (AvgIpc) is 2.67. The van der Waals surface area contributed by atoms with E-state index in [9.17, 15) is 4.79 Å². The number of carbonyl (C=O) groups is 1. The lowest BCUT2D eigenvalue weighted by Crippen LogP contribution is -2.56. The van der Waals surface area contributed by atoms with Crippen LogP contribution in [0.1, 0.15) is 58.9 Å². The van der Waals surface area contributed by atoms with Crippen LogP contribution in [-0.2, 0) is 4.79 Å². The van der Waals surface area contributed by atoms with Crippen molar-refractivity contribution in [1.29, 1.82) is 0 Å². The molecule has 2 saturated carbocycles. The first-order chi connectivity index (χ1) is 12.8. The van der Waals surface area contributed by atoms with Crippen LogP contribution in [-0.4, -0.2) is 19.0 Å². The monoisotopic (exact) mass is 368 g/mol. The van der Waals surface area contributed by atoms with Gasteiger partial charge in [0.05, 0.1) is 6.61 Å². The minimum atomic E-state index is 0.0820. The summed E-state index contributed by atoms with van der Waals surface area (Å²) in [6.45, 7) is 10.6. The predicted octanol–water partition coefficient (Wildman–Crippen LogP) is 5.53. The minimum absolute atomic E-state index is 0.0820. The first-order valence-corrected chi connectivity index (χ1v) is 10.4. The summed E-state index contributed by atoms with van der Waals surface area (Å²) in [5, 5.41) is 0. The Balaban J connectivity index is 1.56. The first kappa shape index (κ1) is 18.6. The third kappa shape index (κ3) is 2.99. The van der Waals surface area contributed by atoms with Crippen LogP contribution in [0.5, 0.6) is 11.5 Å². The van der Waals surface area contributed by atoms with Gasteiger partial charge in [-0.15, -0.1) is 0 Å². The van der Waals surface area contributed by atoms with E-state index in [1.54, 1.807) is 0 Å². The largest absolute Gasteiger partial charge is 0.493 e. The van der Waals surface area contributed by atoms with Crippen molar-refractivity contribution in [2.75, 3.05) is 13.2 Å². The maximum atomic E-state index is 12.4. The molecule has 0 aromatic heterocycles. The zero-order valence-corrected chi connectivity index (χ0v) is 17.1. The average molecular weight is 369 g/mol. The van der Waals surface area contributed by atoms with Gasteiger partial charge in [0.1, 0.15) is 23.9 Å². The third-order valence-electron chi connectivity index (χ3n) is 8.15. The standard InChI is InChI=1S/C24H32O3/c1-16-11-12-23(3)17(2)20(25)9-10-22(23)24(16,4)15-27-19-8-7-18-6-5-13-26-21(18)14-19/h5-8,14,16-17,22H,9-13,15H2,1-4H3. The molecule has 3 nitrogen and oxygen atoms in total. The quantitative estimate of drug-likeness (QED) is 0.704. The molecular formula is C24H32O3. The van der Waals surface area contributed by atoms with E-state index in [1.807, 2.05) is 18.2 Å². The zero-order chi connectivity index (χ0) is 19.2. The van der Waals surface area contributed by atoms with Gasteiger partial charge in [-0.1, -0.05) is 33.8 Å². The van der Waals surface area contributed by atoms with Gasteiger partial charge in [0.15, 0.2) is 0 Å². The molecule has 2 aliphatic carbocycles. The molecule has 0 radical (unpaired) electrons. The van der Waals surface area contributed by atoms with Gasteiger partial charge in [-0.3, -0.25) is 4.79 Å². The summed E-state index contributed by atoms with van der Waals surface area (Å²) in [6, 6.07) is 6.13. The van der Waals surface area contributed by atoms with Crippen LogP contribution in [0.4, 0.5) is 0 Å². The molecule has 1 aliphatic heterocycles. The van der Waals surface area contributed by atoms with E-state index in [0.29, 0.717) is 30.8 Å². The van der Waals surface area contributed by atoms with Crippen molar-refractivity contribution in [2.24, 2.45) is 28.6 Å². The van der Waals surface area contributed by atoms with Gasteiger partial charge in [-0.05, 0) is 54.7 Å². The molecule has 27 heavy (non-hydrogen) atoms. The van der Waals surface area contributed by atoms with E-state index in [-0.39, 0.29) is 16.7 Å². The number of hydrogen-bond acceptors (Lipinski definition) is 3. The molecule has 0 saturated heterocycles. The van der Waals surface area contributed by atoms with Gasteiger partial charge in [0, 0.05) is 29.4 Å². The number of ether oxygens (including phenoxy) is 2. The summed E-state index contributed by atoms with van der Waals surface area (Å²) in [5.41, 5.74) is 1.29. The van der Waals surface area contributed by atoms with E-state index in [2.05, 4.69) is 39.8 Å². The molecule has 146 valence electrons. The number of benzene rings is 1. The summed E-state index contributed by atoms with van der Waals surface area (Å²) in [5.74, 6) is 3.51. The second kappa shape index (κ2) is 6.68. The van der Waals surface area contributed by atoms with Crippen LogP contribution in [0.3, 0.4) is 0 Å². The van der Waals surface area contributed by atoms with Gasteiger partial charge < -0.3 is 9.47 Å². The van der Waals surface area contributed by atoms with Crippen molar-refractivity contribution in [1.82, 2.24) is 0 Å². The maximum absolute atomic E-state index is 12.4. The Morgan fingerprint density at radius 1 is 1.22 bits per heavy atom. The topological polar surface area (TPSA) is 35.5 Å². The maximum Gasteiger partial charge on any atom is 0.136 e. The Labute approximate surface area is 163 Å². The van der Waals surface area contributed by atoms with Crippen molar-refractivity contribution >= 4 is 11.9 Å². The van der Waals surface area contributed by atoms with Crippen LogP contribution in [0.25, 0.3) is 6.08 Å². The highest BCUT2D eigenvalue weighted by Crippen LogP contribution is 2.61. The van der Waals surface area contributed by atoms with Gasteiger partial charge in [-0.2, -0.15) is 0 Å². The fourth-order valence-corrected chi connectivity index (χ4v) is 5.84. The Morgan fingerprint density at radius 3 is 2.85 bits per heavy atom. The second-order valence-corrected chi connectivity index (χ2v) is 9.43. The SMILES string of the molecule is CC1CCC2(C)C(C)C(=O)CCC2C1(C)COc1ccc2c(c1)OCC=C2.